The quantitative estimate of drug-likeness (QED) is 0.331. The van der Waals surface area contributed by atoms with E-state index < -0.39 is 6.00 Å². The van der Waals surface area contributed by atoms with Crippen molar-refractivity contribution in [1.82, 2.24) is 14.7 Å². The Morgan fingerprint density at radius 2 is 1.45 bits per heavy atom. The van der Waals surface area contributed by atoms with Crippen LogP contribution in [0.5, 0.6) is 0 Å². The lowest BCUT2D eigenvalue weighted by molar-refractivity contribution is -0.0589. The van der Waals surface area contributed by atoms with Gasteiger partial charge in [0, 0.05) is 79.1 Å². The first-order valence-electron chi connectivity index (χ1n) is 11.6. The van der Waals surface area contributed by atoms with Crippen LogP contribution in [0.1, 0.15) is 0 Å². The molecule has 0 aliphatic carbocycles. The Morgan fingerprint density at radius 1 is 0.871 bits per heavy atom. The summed E-state index contributed by atoms with van der Waals surface area (Å²) < 4.78 is 33.7. The van der Waals surface area contributed by atoms with Gasteiger partial charge in [-0.2, -0.15) is 0 Å². The molecule has 31 heavy (non-hydrogen) atoms. The molecule has 0 amide bonds. The van der Waals surface area contributed by atoms with E-state index in [1.165, 1.54) is 0 Å². The molecule has 0 spiro atoms. The average molecular weight is 441 g/mol. The molecule has 9 nitrogen and oxygen atoms in total. The summed E-state index contributed by atoms with van der Waals surface area (Å²) in [5.41, 5.74) is 0. The highest BCUT2D eigenvalue weighted by molar-refractivity contribution is 6.11. The predicted octanol–water partition coefficient (Wildman–Crippen LogP) is -1.11. The highest BCUT2D eigenvalue weighted by atomic mass is 16.6. The monoisotopic (exact) mass is 441 g/mol. The molecule has 2 radical (unpaired) electrons. The van der Waals surface area contributed by atoms with Crippen molar-refractivity contribution in [2.45, 2.75) is 24.3 Å². The van der Waals surface area contributed by atoms with Gasteiger partial charge >= 0.3 is 0 Å². The molecule has 3 heterocycles. The Bertz CT molecular complexity index is 460. The van der Waals surface area contributed by atoms with Crippen molar-refractivity contribution in [3.05, 3.63) is 0 Å². The maximum Gasteiger partial charge on any atom is 0.113 e. The smallest absolute Gasteiger partial charge is 0.113 e. The van der Waals surface area contributed by atoms with Gasteiger partial charge in [0.2, 0.25) is 0 Å². The van der Waals surface area contributed by atoms with Crippen molar-refractivity contribution in [3.8, 4) is 0 Å². The van der Waals surface area contributed by atoms with Gasteiger partial charge in [0.05, 0.1) is 39.6 Å². The van der Waals surface area contributed by atoms with E-state index in [9.17, 15) is 0 Å². The second-order valence-electron chi connectivity index (χ2n) is 8.38. The first-order valence-corrected chi connectivity index (χ1v) is 11.6. The molecule has 3 rings (SSSR count). The van der Waals surface area contributed by atoms with E-state index in [4.69, 9.17) is 36.3 Å². The molecule has 1 unspecified atom stereocenters. The molecular formula is C21H40BN3O6. The van der Waals surface area contributed by atoms with Crippen LogP contribution in [0.2, 0.25) is 0 Å². The predicted molar refractivity (Wildman–Crippen MR) is 118 cm³/mol. The van der Waals surface area contributed by atoms with Crippen LogP contribution in [0.4, 0.5) is 0 Å². The molecule has 10 heteroatoms. The lowest BCUT2D eigenvalue weighted by Gasteiger charge is -2.33. The summed E-state index contributed by atoms with van der Waals surface area (Å²) >= 11 is 0. The van der Waals surface area contributed by atoms with Crippen LogP contribution in [0.3, 0.4) is 0 Å². The number of hydrogen-bond acceptors (Lipinski definition) is 9. The third-order valence-corrected chi connectivity index (χ3v) is 6.34. The fourth-order valence-electron chi connectivity index (χ4n) is 4.40. The Labute approximate surface area is 188 Å². The number of morpholine rings is 2. The maximum absolute atomic E-state index is 6.17. The van der Waals surface area contributed by atoms with E-state index in [0.29, 0.717) is 13.2 Å². The first kappa shape index (κ1) is 25.3. The van der Waals surface area contributed by atoms with Crippen LogP contribution in [0.15, 0.2) is 0 Å². The highest BCUT2D eigenvalue weighted by Gasteiger charge is 2.43. The molecule has 0 aromatic heterocycles. The van der Waals surface area contributed by atoms with Crippen LogP contribution in [-0.4, -0.2) is 160 Å². The SMILES string of the molecule is [B][C@@H]1O[C@H](COC)C(OC)[C@@H]1OCCN(CCN1CCOCC1)CCN1CCOCC1. The largest absolute Gasteiger partial charge is 0.382 e. The summed E-state index contributed by atoms with van der Waals surface area (Å²) in [7, 11) is 9.48. The number of ether oxygens (including phenoxy) is 6. The van der Waals surface area contributed by atoms with Crippen molar-refractivity contribution in [1.29, 1.82) is 0 Å². The molecule has 0 saturated carbocycles. The summed E-state index contributed by atoms with van der Waals surface area (Å²) in [6, 6.07) is -0.500. The summed E-state index contributed by atoms with van der Waals surface area (Å²) in [5.74, 6) is 0. The number of nitrogens with zero attached hydrogens (tertiary/aromatic N) is 3. The third kappa shape index (κ3) is 8.21. The topological polar surface area (TPSA) is 65.1 Å². The fourth-order valence-corrected chi connectivity index (χ4v) is 4.40. The minimum Gasteiger partial charge on any atom is -0.382 e. The Kier molecular flexibility index (Phi) is 11.5. The van der Waals surface area contributed by atoms with Gasteiger partial charge in [-0.05, 0) is 0 Å². The third-order valence-electron chi connectivity index (χ3n) is 6.34. The zero-order valence-electron chi connectivity index (χ0n) is 19.3. The minimum absolute atomic E-state index is 0.200. The Balaban J connectivity index is 1.45. The van der Waals surface area contributed by atoms with Crippen LogP contribution in [0.25, 0.3) is 0 Å². The molecule has 0 aromatic carbocycles. The summed E-state index contributed by atoms with van der Waals surface area (Å²) in [6.07, 6.45) is -0.704. The van der Waals surface area contributed by atoms with Crippen molar-refractivity contribution >= 4 is 7.85 Å². The second-order valence-corrected chi connectivity index (χ2v) is 8.38. The van der Waals surface area contributed by atoms with Gasteiger partial charge < -0.3 is 28.4 Å². The summed E-state index contributed by atoms with van der Waals surface area (Å²) in [5, 5.41) is 0. The van der Waals surface area contributed by atoms with Crippen LogP contribution >= 0.6 is 0 Å². The Hall–Kier alpha value is -0.295. The van der Waals surface area contributed by atoms with E-state index in [1.54, 1.807) is 14.2 Å². The molecule has 3 aliphatic rings. The van der Waals surface area contributed by atoms with Gasteiger partial charge in [-0.25, -0.2) is 0 Å². The van der Waals surface area contributed by atoms with Gasteiger partial charge in [-0.15, -0.1) is 0 Å². The van der Waals surface area contributed by atoms with Crippen LogP contribution in [0, 0.1) is 0 Å². The summed E-state index contributed by atoms with van der Waals surface area (Å²) in [4.78, 5) is 7.44. The van der Waals surface area contributed by atoms with E-state index in [0.717, 1.165) is 85.3 Å². The lowest BCUT2D eigenvalue weighted by Crippen LogP contribution is -2.46. The van der Waals surface area contributed by atoms with E-state index >= 15 is 0 Å². The molecule has 4 atom stereocenters. The van der Waals surface area contributed by atoms with Gasteiger partial charge in [0.25, 0.3) is 0 Å². The number of hydrogen-bond donors (Lipinski definition) is 0. The number of methoxy groups -OCH3 is 2. The molecule has 0 N–H and O–H groups in total. The molecular weight excluding hydrogens is 401 g/mol. The summed E-state index contributed by atoms with van der Waals surface area (Å²) in [6.45, 7) is 13.4. The first-order chi connectivity index (χ1) is 15.2. The van der Waals surface area contributed by atoms with Crippen molar-refractivity contribution in [3.63, 3.8) is 0 Å². The highest BCUT2D eigenvalue weighted by Crippen LogP contribution is 2.25. The molecule has 0 aromatic rings. The van der Waals surface area contributed by atoms with Crippen molar-refractivity contribution in [2.24, 2.45) is 0 Å². The van der Waals surface area contributed by atoms with Crippen molar-refractivity contribution < 1.29 is 28.4 Å². The Morgan fingerprint density at radius 3 is 1.97 bits per heavy atom. The second kappa shape index (κ2) is 14.1. The van der Waals surface area contributed by atoms with E-state index in [2.05, 4.69) is 14.7 Å². The lowest BCUT2D eigenvalue weighted by atomic mass is 9.93. The van der Waals surface area contributed by atoms with E-state index in [1.807, 2.05) is 0 Å². The molecule has 0 bridgehead atoms. The minimum atomic E-state index is -0.500. The zero-order valence-corrected chi connectivity index (χ0v) is 19.3. The van der Waals surface area contributed by atoms with Crippen molar-refractivity contribution in [2.75, 3.05) is 113 Å². The molecule has 178 valence electrons. The fraction of sp³-hybridized carbons (Fsp3) is 1.00. The zero-order chi connectivity index (χ0) is 21.9. The van der Waals surface area contributed by atoms with Gasteiger partial charge in [-0.1, -0.05) is 0 Å². The molecule has 3 fully saturated rings. The number of rotatable bonds is 13. The molecule has 3 saturated heterocycles. The van der Waals surface area contributed by atoms with E-state index in [-0.39, 0.29) is 18.3 Å². The van der Waals surface area contributed by atoms with Gasteiger partial charge in [-0.3, -0.25) is 14.7 Å². The standard InChI is InChI=1S/C21H40BN3O6/c1-26-17-18-19(27-2)20(21(22)31-18)30-16-11-23(3-5-24-7-12-28-13-8-24)4-6-25-9-14-29-15-10-25/h18-21H,3-17H2,1-2H3/t18-,19?,20+,21-/m1/s1. The van der Waals surface area contributed by atoms with Crippen LogP contribution in [-0.2, 0) is 28.4 Å². The van der Waals surface area contributed by atoms with Gasteiger partial charge in [0.1, 0.15) is 26.2 Å². The average Bonchev–Trinajstić information content (AvgIpc) is 3.10. The maximum atomic E-state index is 6.17. The van der Waals surface area contributed by atoms with Crippen LogP contribution < -0.4 is 0 Å². The van der Waals surface area contributed by atoms with Gasteiger partial charge in [0.15, 0.2) is 0 Å². The normalized spacial score (nSPS) is 30.9. The molecule has 3 aliphatic heterocycles.